The van der Waals surface area contributed by atoms with Gasteiger partial charge in [-0.25, -0.2) is 0 Å². The van der Waals surface area contributed by atoms with Crippen LogP contribution in [0.3, 0.4) is 0 Å². The van der Waals surface area contributed by atoms with E-state index in [1.54, 1.807) is 0 Å². The van der Waals surface area contributed by atoms with E-state index in [1.165, 1.54) is 5.56 Å². The van der Waals surface area contributed by atoms with E-state index in [0.717, 1.165) is 48.1 Å². The molecule has 0 radical (unpaired) electrons. The largest absolute Gasteiger partial charge is 0.490 e. The maximum Gasteiger partial charge on any atom is 0.129 e. The summed E-state index contributed by atoms with van der Waals surface area (Å²) in [7, 11) is 0. The van der Waals surface area contributed by atoms with E-state index in [0.29, 0.717) is 12.6 Å². The van der Waals surface area contributed by atoms with Gasteiger partial charge in [-0.15, -0.1) is 0 Å². The first kappa shape index (κ1) is 17.7. The van der Waals surface area contributed by atoms with Crippen molar-refractivity contribution >= 4 is 10.9 Å². The van der Waals surface area contributed by atoms with E-state index < -0.39 is 0 Å². The van der Waals surface area contributed by atoms with Gasteiger partial charge < -0.3 is 19.4 Å². The Kier molecular flexibility index (Phi) is 4.37. The van der Waals surface area contributed by atoms with Crippen molar-refractivity contribution in [3.8, 4) is 16.9 Å². The van der Waals surface area contributed by atoms with Crippen molar-refractivity contribution < 1.29 is 9.47 Å². The molecule has 2 aromatic heterocycles. The number of nitrogens with zero attached hydrogens (tertiary/aromatic N) is 2. The highest BCUT2D eigenvalue weighted by Gasteiger charge is 2.47. The van der Waals surface area contributed by atoms with E-state index in [2.05, 4.69) is 65.4 Å². The van der Waals surface area contributed by atoms with E-state index in [4.69, 9.17) is 9.47 Å². The zero-order chi connectivity index (χ0) is 19.1. The molecule has 5 heteroatoms. The Morgan fingerprint density at radius 3 is 2.96 bits per heavy atom. The van der Waals surface area contributed by atoms with Crippen LogP contribution in [0.2, 0.25) is 0 Å². The molecule has 5 nitrogen and oxygen atoms in total. The molecule has 3 heterocycles. The van der Waals surface area contributed by atoms with Gasteiger partial charge in [-0.1, -0.05) is 0 Å². The number of hydrogen-bond acceptors (Lipinski definition) is 4. The van der Waals surface area contributed by atoms with Gasteiger partial charge in [-0.2, -0.15) is 0 Å². The van der Waals surface area contributed by atoms with Gasteiger partial charge in [0.05, 0.1) is 11.1 Å². The third-order valence-electron chi connectivity index (χ3n) is 5.80. The van der Waals surface area contributed by atoms with Crippen molar-refractivity contribution in [1.29, 1.82) is 0 Å². The van der Waals surface area contributed by atoms with Crippen LogP contribution in [0, 0.1) is 0 Å². The topological polar surface area (TPSA) is 48.3 Å². The standard InChI is InChI=1S/C23H27N3O2/c1-16(2)26-9-5-17(13-26)18-10-21-20(4-3-8-25-21)22(11-18)27-14-19-12-24-15-23(28-19)6-7-23/h3-5,8-11,13,16,19,24H,6-7,12,14-15H2,1-2H3/t19-/m0/s1. The maximum atomic E-state index is 6.28. The first-order valence-electron chi connectivity index (χ1n) is 10.2. The molecule has 1 saturated heterocycles. The van der Waals surface area contributed by atoms with Crippen molar-refractivity contribution in [1.82, 2.24) is 14.9 Å². The number of rotatable bonds is 5. The van der Waals surface area contributed by atoms with E-state index in [9.17, 15) is 0 Å². The lowest BCUT2D eigenvalue weighted by Crippen LogP contribution is -2.48. The molecule has 146 valence electrons. The monoisotopic (exact) mass is 377 g/mol. The van der Waals surface area contributed by atoms with Crippen LogP contribution < -0.4 is 10.1 Å². The number of ether oxygens (including phenoxy) is 2. The van der Waals surface area contributed by atoms with Crippen LogP contribution in [0.25, 0.3) is 22.0 Å². The molecule has 0 bridgehead atoms. The summed E-state index contributed by atoms with van der Waals surface area (Å²) in [6, 6.07) is 10.9. The van der Waals surface area contributed by atoms with Gasteiger partial charge in [-0.3, -0.25) is 4.98 Å². The van der Waals surface area contributed by atoms with Crippen LogP contribution in [0.15, 0.2) is 48.9 Å². The van der Waals surface area contributed by atoms with Crippen LogP contribution in [-0.2, 0) is 4.74 Å². The van der Waals surface area contributed by atoms with Gasteiger partial charge in [0.2, 0.25) is 0 Å². The average molecular weight is 377 g/mol. The summed E-state index contributed by atoms with van der Waals surface area (Å²) in [6.07, 6.45) is 8.55. The molecule has 5 rings (SSSR count). The summed E-state index contributed by atoms with van der Waals surface area (Å²) in [6.45, 7) is 6.74. The predicted molar refractivity (Wildman–Crippen MR) is 111 cm³/mol. The van der Waals surface area contributed by atoms with Crippen LogP contribution in [0.1, 0.15) is 32.7 Å². The minimum absolute atomic E-state index is 0.0809. The smallest absolute Gasteiger partial charge is 0.129 e. The highest BCUT2D eigenvalue weighted by Crippen LogP contribution is 2.41. The van der Waals surface area contributed by atoms with Gasteiger partial charge in [0, 0.05) is 43.1 Å². The average Bonchev–Trinajstić information content (AvgIpc) is 3.25. The molecule has 1 aliphatic carbocycles. The molecule has 1 spiro atoms. The summed E-state index contributed by atoms with van der Waals surface area (Å²) in [5.41, 5.74) is 3.34. The third kappa shape index (κ3) is 3.40. The van der Waals surface area contributed by atoms with Gasteiger partial charge in [0.25, 0.3) is 0 Å². The zero-order valence-electron chi connectivity index (χ0n) is 16.5. The van der Waals surface area contributed by atoms with E-state index >= 15 is 0 Å². The Balaban J connectivity index is 1.43. The van der Waals surface area contributed by atoms with Crippen molar-refractivity contribution in [2.24, 2.45) is 0 Å². The summed E-state index contributed by atoms with van der Waals surface area (Å²) in [5.74, 6) is 0.872. The van der Waals surface area contributed by atoms with Crippen molar-refractivity contribution in [3.05, 3.63) is 48.9 Å². The van der Waals surface area contributed by atoms with Gasteiger partial charge in [-0.05, 0) is 68.1 Å². The van der Waals surface area contributed by atoms with E-state index in [-0.39, 0.29) is 11.7 Å². The molecule has 1 aliphatic heterocycles. The maximum absolute atomic E-state index is 6.28. The lowest BCUT2D eigenvalue weighted by molar-refractivity contribution is -0.0711. The molecular weight excluding hydrogens is 350 g/mol. The highest BCUT2D eigenvalue weighted by atomic mass is 16.6. The lowest BCUT2D eigenvalue weighted by Gasteiger charge is -2.31. The van der Waals surface area contributed by atoms with Gasteiger partial charge in [0.1, 0.15) is 18.5 Å². The second kappa shape index (κ2) is 6.90. The summed E-state index contributed by atoms with van der Waals surface area (Å²) in [5, 5.41) is 4.53. The molecule has 3 aromatic rings. The van der Waals surface area contributed by atoms with Crippen molar-refractivity contribution in [2.45, 2.75) is 44.4 Å². The highest BCUT2D eigenvalue weighted by molar-refractivity contribution is 5.90. The molecule has 0 amide bonds. The van der Waals surface area contributed by atoms with E-state index in [1.807, 2.05) is 12.3 Å². The Morgan fingerprint density at radius 1 is 1.29 bits per heavy atom. The number of fused-ring (bicyclic) bond motifs is 1. The molecule has 2 aliphatic rings. The third-order valence-corrected chi connectivity index (χ3v) is 5.80. The molecule has 2 fully saturated rings. The number of hydrogen-bond donors (Lipinski definition) is 1. The summed E-state index contributed by atoms with van der Waals surface area (Å²) < 4.78 is 14.8. The fraction of sp³-hybridized carbons (Fsp3) is 0.435. The summed E-state index contributed by atoms with van der Waals surface area (Å²) in [4.78, 5) is 4.57. The number of aromatic nitrogens is 2. The molecular formula is C23H27N3O2. The molecule has 28 heavy (non-hydrogen) atoms. The first-order valence-corrected chi connectivity index (χ1v) is 10.2. The Hall–Kier alpha value is -2.37. The predicted octanol–water partition coefficient (Wildman–Crippen LogP) is 4.18. The normalized spacial score (nSPS) is 20.8. The van der Waals surface area contributed by atoms with Gasteiger partial charge in [0.15, 0.2) is 0 Å². The SMILES string of the molecule is CC(C)n1ccc(-c2cc(OC[C@@H]3CNCC4(CC4)O3)c3cccnc3c2)c1. The van der Waals surface area contributed by atoms with Crippen LogP contribution >= 0.6 is 0 Å². The molecule has 0 unspecified atom stereocenters. The van der Waals surface area contributed by atoms with Gasteiger partial charge >= 0.3 is 0 Å². The lowest BCUT2D eigenvalue weighted by atomic mass is 10.1. The Morgan fingerprint density at radius 2 is 2.18 bits per heavy atom. The van der Waals surface area contributed by atoms with Crippen LogP contribution in [0.4, 0.5) is 0 Å². The summed E-state index contributed by atoms with van der Waals surface area (Å²) >= 11 is 0. The minimum atomic E-state index is 0.0809. The molecule has 1 N–H and O–H groups in total. The second-order valence-electron chi connectivity index (χ2n) is 8.35. The zero-order valence-corrected chi connectivity index (χ0v) is 16.5. The van der Waals surface area contributed by atoms with Crippen molar-refractivity contribution in [2.75, 3.05) is 19.7 Å². The van der Waals surface area contributed by atoms with Crippen LogP contribution in [0.5, 0.6) is 5.75 Å². The second-order valence-corrected chi connectivity index (χ2v) is 8.35. The quantitative estimate of drug-likeness (QED) is 0.724. The van der Waals surface area contributed by atoms with Crippen LogP contribution in [-0.4, -0.2) is 41.0 Å². The fourth-order valence-electron chi connectivity index (χ4n) is 3.95. The number of nitrogens with one attached hydrogen (secondary N) is 1. The number of benzene rings is 1. The Bertz CT molecular complexity index is 990. The Labute approximate surface area is 165 Å². The number of pyridine rings is 1. The fourth-order valence-corrected chi connectivity index (χ4v) is 3.95. The first-order chi connectivity index (χ1) is 13.6. The molecule has 1 aromatic carbocycles. The van der Waals surface area contributed by atoms with Crippen molar-refractivity contribution in [3.63, 3.8) is 0 Å². The molecule has 1 saturated carbocycles. The molecule has 1 atom stereocenters. The number of morpholine rings is 1. The minimum Gasteiger partial charge on any atom is -0.490 e.